The van der Waals surface area contributed by atoms with Gasteiger partial charge in [0.05, 0.1) is 23.2 Å². The number of H-pyrrole nitrogens is 1. The van der Waals surface area contributed by atoms with Crippen molar-refractivity contribution in [2.75, 3.05) is 4.72 Å². The minimum Gasteiger partial charge on any atom is -0.334 e. The molecule has 108 valence electrons. The molecule has 0 aliphatic heterocycles. The lowest BCUT2D eigenvalue weighted by molar-refractivity contribution is 0.598. The lowest BCUT2D eigenvalue weighted by Crippen LogP contribution is -2.13. The summed E-state index contributed by atoms with van der Waals surface area (Å²) >= 11 is 1.58. The minimum atomic E-state index is -3.62. The maximum atomic E-state index is 12.0. The lowest BCUT2D eigenvalue weighted by Gasteiger charge is -2.06. The minimum absolute atomic E-state index is 0.0294. The summed E-state index contributed by atoms with van der Waals surface area (Å²) in [4.78, 5) is 10.7. The van der Waals surface area contributed by atoms with Gasteiger partial charge in [0, 0.05) is 16.6 Å². The molecule has 0 bridgehead atoms. The Hall–Kier alpha value is -2.19. The van der Waals surface area contributed by atoms with E-state index < -0.39 is 10.0 Å². The molecule has 1 aromatic carbocycles. The van der Waals surface area contributed by atoms with Gasteiger partial charge in [-0.05, 0) is 19.1 Å². The Morgan fingerprint density at radius 3 is 2.57 bits per heavy atom. The zero-order chi connectivity index (χ0) is 14.9. The highest BCUT2D eigenvalue weighted by atomic mass is 32.2. The Morgan fingerprint density at radius 1 is 1.24 bits per heavy atom. The molecule has 3 rings (SSSR count). The lowest BCUT2D eigenvalue weighted by atomic mass is 10.1. The second-order valence-corrected chi connectivity index (χ2v) is 7.06. The zero-order valence-corrected chi connectivity index (χ0v) is 12.7. The van der Waals surface area contributed by atoms with E-state index in [1.807, 2.05) is 24.4 Å². The average Bonchev–Trinajstić information content (AvgIpc) is 3.10. The smallest absolute Gasteiger partial charge is 0.278 e. The molecule has 0 amide bonds. The second-order valence-electron chi connectivity index (χ2n) is 4.35. The quantitative estimate of drug-likeness (QED) is 0.773. The Kier molecular flexibility index (Phi) is 3.48. The summed E-state index contributed by atoms with van der Waals surface area (Å²) < 4.78 is 26.5. The van der Waals surface area contributed by atoms with Crippen LogP contribution in [0.3, 0.4) is 0 Å². The van der Waals surface area contributed by atoms with Crippen LogP contribution in [-0.4, -0.2) is 23.4 Å². The van der Waals surface area contributed by atoms with Crippen molar-refractivity contribution in [1.82, 2.24) is 15.0 Å². The molecule has 0 aliphatic rings. The number of nitrogens with zero attached hydrogens (tertiary/aromatic N) is 2. The number of aryl methyl sites for hydroxylation is 1. The highest BCUT2D eigenvalue weighted by Crippen LogP contribution is 2.23. The number of benzene rings is 1. The Bertz CT molecular complexity index is 837. The van der Waals surface area contributed by atoms with E-state index in [0.717, 1.165) is 16.3 Å². The van der Waals surface area contributed by atoms with Gasteiger partial charge in [0.1, 0.15) is 0 Å². The number of nitrogens with one attached hydrogen (secondary N) is 2. The van der Waals surface area contributed by atoms with E-state index in [1.165, 1.54) is 12.5 Å². The molecule has 6 nitrogen and oxygen atoms in total. The molecule has 2 N–H and O–H groups in total. The van der Waals surface area contributed by atoms with Crippen molar-refractivity contribution in [3.05, 3.63) is 47.2 Å². The van der Waals surface area contributed by atoms with E-state index in [-0.39, 0.29) is 5.03 Å². The van der Waals surface area contributed by atoms with Crippen LogP contribution in [0, 0.1) is 6.92 Å². The number of imidazole rings is 1. The maximum absolute atomic E-state index is 12.0. The molecule has 0 radical (unpaired) electrons. The summed E-state index contributed by atoms with van der Waals surface area (Å²) in [6.45, 7) is 1.95. The first-order chi connectivity index (χ1) is 10.0. The fourth-order valence-corrected chi connectivity index (χ4v) is 3.39. The fraction of sp³-hybridized carbons (Fsp3) is 0.0769. The van der Waals surface area contributed by atoms with Crippen molar-refractivity contribution in [3.63, 3.8) is 0 Å². The van der Waals surface area contributed by atoms with Crippen molar-refractivity contribution in [1.29, 1.82) is 0 Å². The van der Waals surface area contributed by atoms with Gasteiger partial charge < -0.3 is 4.98 Å². The van der Waals surface area contributed by atoms with Gasteiger partial charge >= 0.3 is 0 Å². The molecule has 0 spiro atoms. The van der Waals surface area contributed by atoms with Crippen molar-refractivity contribution >= 4 is 27.0 Å². The summed E-state index contributed by atoms with van der Waals surface area (Å²) in [7, 11) is -3.62. The number of sulfonamides is 1. The van der Waals surface area contributed by atoms with E-state index in [2.05, 4.69) is 19.7 Å². The third-order valence-corrected chi connectivity index (χ3v) is 4.89. The van der Waals surface area contributed by atoms with Crippen molar-refractivity contribution in [2.24, 2.45) is 0 Å². The molecule has 0 aliphatic carbocycles. The number of thiazole rings is 1. The molecule has 0 unspecified atom stereocenters. The molecule has 2 aromatic heterocycles. The first kappa shape index (κ1) is 13.8. The van der Waals surface area contributed by atoms with E-state index in [9.17, 15) is 8.42 Å². The fourth-order valence-electron chi connectivity index (χ4n) is 1.81. The summed E-state index contributed by atoms with van der Waals surface area (Å²) in [6.07, 6.45) is 2.58. The second kappa shape index (κ2) is 5.30. The normalized spacial score (nSPS) is 11.5. The Balaban J connectivity index is 1.82. The van der Waals surface area contributed by atoms with Gasteiger partial charge in [0.15, 0.2) is 5.03 Å². The van der Waals surface area contributed by atoms with Crippen LogP contribution in [0.1, 0.15) is 5.01 Å². The number of anilines is 1. The summed E-state index contributed by atoms with van der Waals surface area (Å²) in [5.41, 5.74) is 2.32. The van der Waals surface area contributed by atoms with Gasteiger partial charge in [0.2, 0.25) is 0 Å². The Labute approximate surface area is 126 Å². The number of rotatable bonds is 4. The first-order valence-electron chi connectivity index (χ1n) is 6.08. The van der Waals surface area contributed by atoms with Gasteiger partial charge in [-0.25, -0.2) is 9.97 Å². The standard InChI is InChI=1S/C13H12N4O2S2/c1-9-16-12(7-20-9)10-2-4-11(5-3-10)17-21(18,19)13-6-14-8-15-13/h2-8,17H,1H3,(H,14,15). The van der Waals surface area contributed by atoms with Gasteiger partial charge in [-0.2, -0.15) is 8.42 Å². The van der Waals surface area contributed by atoms with Crippen LogP contribution >= 0.6 is 11.3 Å². The number of hydrogen-bond acceptors (Lipinski definition) is 5. The van der Waals surface area contributed by atoms with Gasteiger partial charge in [-0.3, -0.25) is 4.72 Å². The van der Waals surface area contributed by atoms with E-state index in [4.69, 9.17) is 0 Å². The molecular formula is C13H12N4O2S2. The van der Waals surface area contributed by atoms with E-state index >= 15 is 0 Å². The van der Waals surface area contributed by atoms with Crippen LogP contribution in [0.5, 0.6) is 0 Å². The van der Waals surface area contributed by atoms with Crippen LogP contribution in [0.25, 0.3) is 11.3 Å². The number of aromatic amines is 1. The molecule has 0 fully saturated rings. The van der Waals surface area contributed by atoms with Crippen LogP contribution in [0.15, 0.2) is 47.2 Å². The number of aromatic nitrogens is 3. The van der Waals surface area contributed by atoms with Crippen LogP contribution in [0.4, 0.5) is 5.69 Å². The first-order valence-corrected chi connectivity index (χ1v) is 8.45. The molecule has 0 atom stereocenters. The predicted octanol–water partition coefficient (Wildman–Crippen LogP) is 2.64. The summed E-state index contributed by atoms with van der Waals surface area (Å²) in [5, 5.41) is 3.00. The zero-order valence-electron chi connectivity index (χ0n) is 11.1. The summed E-state index contributed by atoms with van der Waals surface area (Å²) in [5.74, 6) is 0. The molecule has 3 aromatic rings. The van der Waals surface area contributed by atoms with E-state index in [0.29, 0.717) is 5.69 Å². The third kappa shape index (κ3) is 2.96. The molecular weight excluding hydrogens is 308 g/mol. The van der Waals surface area contributed by atoms with Gasteiger partial charge in [-0.15, -0.1) is 11.3 Å². The van der Waals surface area contributed by atoms with E-state index in [1.54, 1.807) is 23.5 Å². The van der Waals surface area contributed by atoms with Crippen LogP contribution in [0.2, 0.25) is 0 Å². The third-order valence-electron chi connectivity index (χ3n) is 2.81. The Morgan fingerprint density at radius 2 is 2.00 bits per heavy atom. The summed E-state index contributed by atoms with van der Waals surface area (Å²) in [6, 6.07) is 7.08. The molecule has 0 saturated carbocycles. The van der Waals surface area contributed by atoms with Crippen molar-refractivity contribution in [2.45, 2.75) is 11.9 Å². The van der Waals surface area contributed by atoms with Crippen LogP contribution in [-0.2, 0) is 10.0 Å². The maximum Gasteiger partial charge on any atom is 0.278 e. The van der Waals surface area contributed by atoms with Gasteiger partial charge in [-0.1, -0.05) is 12.1 Å². The van der Waals surface area contributed by atoms with Crippen molar-refractivity contribution in [3.8, 4) is 11.3 Å². The highest BCUT2D eigenvalue weighted by molar-refractivity contribution is 7.92. The molecule has 2 heterocycles. The number of hydrogen-bond donors (Lipinski definition) is 2. The molecule has 21 heavy (non-hydrogen) atoms. The van der Waals surface area contributed by atoms with Gasteiger partial charge in [0.25, 0.3) is 10.0 Å². The van der Waals surface area contributed by atoms with Crippen LogP contribution < -0.4 is 4.72 Å². The predicted molar refractivity (Wildman–Crippen MR) is 81.7 cm³/mol. The highest BCUT2D eigenvalue weighted by Gasteiger charge is 2.15. The molecule has 8 heteroatoms. The SMILES string of the molecule is Cc1nc(-c2ccc(NS(=O)(=O)c3cnc[nH]3)cc2)cs1. The largest absolute Gasteiger partial charge is 0.334 e. The van der Waals surface area contributed by atoms with Crippen molar-refractivity contribution < 1.29 is 8.42 Å². The molecule has 0 saturated heterocycles. The monoisotopic (exact) mass is 320 g/mol. The topological polar surface area (TPSA) is 87.7 Å². The average molecular weight is 320 g/mol.